The summed E-state index contributed by atoms with van der Waals surface area (Å²) in [6, 6.07) is 0. The van der Waals surface area contributed by atoms with Gasteiger partial charge in [-0.1, -0.05) is 0 Å². The van der Waals surface area contributed by atoms with Crippen LogP contribution in [-0.2, 0) is 16.0 Å². The summed E-state index contributed by atoms with van der Waals surface area (Å²) in [5, 5.41) is 3.34. The third-order valence-corrected chi connectivity index (χ3v) is 5.22. The molecule has 0 N–H and O–H groups in total. The number of thiazole rings is 1. The average molecular weight is 296 g/mol. The molecular formula is C15H24N2O2S. The molecule has 0 saturated carbocycles. The smallest absolute Gasteiger partial charge is 0.0897 e. The summed E-state index contributed by atoms with van der Waals surface area (Å²) in [5.74, 6) is 0. The second kappa shape index (κ2) is 6.10. The predicted octanol–water partition coefficient (Wildman–Crippen LogP) is 2.61. The van der Waals surface area contributed by atoms with Gasteiger partial charge in [-0.25, -0.2) is 4.98 Å². The average Bonchev–Trinajstić information content (AvgIpc) is 3.01. The van der Waals surface area contributed by atoms with E-state index in [0.29, 0.717) is 6.10 Å². The van der Waals surface area contributed by atoms with E-state index in [2.05, 4.69) is 29.1 Å². The number of piperidine rings is 1. The maximum atomic E-state index is 6.08. The molecule has 3 rings (SSSR count). The van der Waals surface area contributed by atoms with E-state index in [4.69, 9.17) is 9.47 Å². The van der Waals surface area contributed by atoms with Crippen molar-refractivity contribution < 1.29 is 9.47 Å². The molecular weight excluding hydrogens is 272 g/mol. The standard InChI is InChI=1S/C15H24N2O2S/c1-3-18-14-8-15(19-10-14)4-6-17(7-5-15)9-13-11-20-12(2)16-13/h11,14H,3-10H2,1-2H3/t14-/m1/s1. The topological polar surface area (TPSA) is 34.6 Å². The molecule has 0 amide bonds. The van der Waals surface area contributed by atoms with Crippen LogP contribution in [0.5, 0.6) is 0 Å². The van der Waals surface area contributed by atoms with Crippen LogP contribution in [0.1, 0.15) is 36.9 Å². The summed E-state index contributed by atoms with van der Waals surface area (Å²) >= 11 is 1.74. The second-order valence-corrected chi connectivity index (χ2v) is 6.97. The number of nitrogens with zero attached hydrogens (tertiary/aromatic N) is 2. The Morgan fingerprint density at radius 2 is 2.30 bits per heavy atom. The van der Waals surface area contributed by atoms with Crippen LogP contribution in [0.2, 0.25) is 0 Å². The Balaban J connectivity index is 1.50. The van der Waals surface area contributed by atoms with Gasteiger partial charge in [0.25, 0.3) is 0 Å². The lowest BCUT2D eigenvalue weighted by atomic mass is 9.88. The summed E-state index contributed by atoms with van der Waals surface area (Å²) < 4.78 is 11.8. The highest BCUT2D eigenvalue weighted by atomic mass is 32.1. The molecule has 2 aliphatic rings. The summed E-state index contributed by atoms with van der Waals surface area (Å²) in [7, 11) is 0. The van der Waals surface area contributed by atoms with Gasteiger partial charge >= 0.3 is 0 Å². The largest absolute Gasteiger partial charge is 0.376 e. The Hall–Kier alpha value is -0.490. The van der Waals surface area contributed by atoms with Crippen molar-refractivity contribution in [1.29, 1.82) is 0 Å². The van der Waals surface area contributed by atoms with Crippen LogP contribution in [0.3, 0.4) is 0 Å². The van der Waals surface area contributed by atoms with Crippen LogP contribution in [0.25, 0.3) is 0 Å². The SMILES string of the molecule is CCO[C@H]1COC2(CCN(Cc3csc(C)n3)CC2)C1. The molecule has 3 heterocycles. The van der Waals surface area contributed by atoms with Crippen LogP contribution in [0, 0.1) is 6.92 Å². The fourth-order valence-electron chi connectivity index (χ4n) is 3.32. The Bertz CT molecular complexity index is 441. The molecule has 2 saturated heterocycles. The molecule has 1 spiro atoms. The van der Waals surface area contributed by atoms with Crippen molar-refractivity contribution in [2.45, 2.75) is 51.4 Å². The minimum atomic E-state index is 0.0916. The lowest BCUT2D eigenvalue weighted by Gasteiger charge is -2.38. The van der Waals surface area contributed by atoms with E-state index in [0.717, 1.165) is 57.1 Å². The van der Waals surface area contributed by atoms with E-state index in [1.807, 2.05) is 0 Å². The number of aromatic nitrogens is 1. The molecule has 2 aliphatic heterocycles. The Labute approximate surface area is 125 Å². The zero-order valence-electron chi connectivity index (χ0n) is 12.4. The monoisotopic (exact) mass is 296 g/mol. The minimum absolute atomic E-state index is 0.0916. The molecule has 0 aromatic carbocycles. The van der Waals surface area contributed by atoms with Crippen molar-refractivity contribution in [1.82, 2.24) is 9.88 Å². The van der Waals surface area contributed by atoms with Gasteiger partial charge < -0.3 is 9.47 Å². The van der Waals surface area contributed by atoms with Crippen LogP contribution in [-0.4, -0.2) is 47.9 Å². The highest BCUT2D eigenvalue weighted by Crippen LogP contribution is 2.37. The van der Waals surface area contributed by atoms with Crippen molar-refractivity contribution in [3.05, 3.63) is 16.1 Å². The molecule has 0 aliphatic carbocycles. The molecule has 2 fully saturated rings. The molecule has 4 nitrogen and oxygen atoms in total. The lowest BCUT2D eigenvalue weighted by molar-refractivity contribution is -0.0465. The van der Waals surface area contributed by atoms with E-state index in [9.17, 15) is 0 Å². The van der Waals surface area contributed by atoms with Gasteiger partial charge in [0.15, 0.2) is 0 Å². The van der Waals surface area contributed by atoms with Crippen molar-refractivity contribution >= 4 is 11.3 Å². The van der Waals surface area contributed by atoms with Crippen LogP contribution in [0.4, 0.5) is 0 Å². The highest BCUT2D eigenvalue weighted by molar-refractivity contribution is 7.09. The van der Waals surface area contributed by atoms with E-state index < -0.39 is 0 Å². The van der Waals surface area contributed by atoms with Crippen molar-refractivity contribution in [3.8, 4) is 0 Å². The van der Waals surface area contributed by atoms with Crippen molar-refractivity contribution in [2.24, 2.45) is 0 Å². The van der Waals surface area contributed by atoms with Gasteiger partial charge in [-0.2, -0.15) is 0 Å². The highest BCUT2D eigenvalue weighted by Gasteiger charge is 2.42. The van der Waals surface area contributed by atoms with Gasteiger partial charge in [0.05, 0.1) is 29.0 Å². The molecule has 1 atom stereocenters. The fraction of sp³-hybridized carbons (Fsp3) is 0.800. The summed E-state index contributed by atoms with van der Waals surface area (Å²) in [5.41, 5.74) is 1.30. The second-order valence-electron chi connectivity index (χ2n) is 5.91. The maximum Gasteiger partial charge on any atom is 0.0897 e. The number of hydrogen-bond donors (Lipinski definition) is 0. The number of aryl methyl sites for hydroxylation is 1. The summed E-state index contributed by atoms with van der Waals surface area (Å²) in [6.45, 7) is 8.89. The molecule has 1 aromatic heterocycles. The molecule has 0 bridgehead atoms. The van der Waals surface area contributed by atoms with E-state index in [1.165, 1.54) is 5.69 Å². The first-order valence-corrected chi connectivity index (χ1v) is 8.46. The van der Waals surface area contributed by atoms with Crippen LogP contribution < -0.4 is 0 Å². The van der Waals surface area contributed by atoms with Crippen LogP contribution >= 0.6 is 11.3 Å². The summed E-state index contributed by atoms with van der Waals surface area (Å²) in [4.78, 5) is 7.05. The Kier molecular flexibility index (Phi) is 4.40. The molecule has 0 unspecified atom stereocenters. The third kappa shape index (κ3) is 3.22. The quantitative estimate of drug-likeness (QED) is 0.855. The minimum Gasteiger partial charge on any atom is -0.376 e. The van der Waals surface area contributed by atoms with Gasteiger partial charge in [0.2, 0.25) is 0 Å². The van der Waals surface area contributed by atoms with E-state index in [1.54, 1.807) is 11.3 Å². The van der Waals surface area contributed by atoms with Crippen molar-refractivity contribution in [3.63, 3.8) is 0 Å². The normalized spacial score (nSPS) is 26.4. The molecule has 0 radical (unpaired) electrons. The van der Waals surface area contributed by atoms with E-state index >= 15 is 0 Å². The predicted molar refractivity (Wildman–Crippen MR) is 80.1 cm³/mol. The van der Waals surface area contributed by atoms with Crippen molar-refractivity contribution in [2.75, 3.05) is 26.3 Å². The van der Waals surface area contributed by atoms with Gasteiger partial charge in [0.1, 0.15) is 0 Å². The zero-order valence-corrected chi connectivity index (χ0v) is 13.2. The van der Waals surface area contributed by atoms with Crippen LogP contribution in [0.15, 0.2) is 5.38 Å². The first-order chi connectivity index (χ1) is 9.69. The van der Waals surface area contributed by atoms with Gasteiger partial charge in [-0.05, 0) is 26.7 Å². The van der Waals surface area contributed by atoms with E-state index in [-0.39, 0.29) is 5.60 Å². The fourth-order valence-corrected chi connectivity index (χ4v) is 3.93. The maximum absolute atomic E-state index is 6.08. The molecule has 20 heavy (non-hydrogen) atoms. The molecule has 112 valence electrons. The van der Waals surface area contributed by atoms with Gasteiger partial charge in [-0.3, -0.25) is 4.90 Å². The zero-order chi connectivity index (χ0) is 14.0. The first kappa shape index (κ1) is 14.4. The third-order valence-electron chi connectivity index (χ3n) is 4.40. The number of likely N-dealkylation sites (tertiary alicyclic amines) is 1. The van der Waals surface area contributed by atoms with Gasteiger partial charge in [-0.15, -0.1) is 11.3 Å². The number of ether oxygens (including phenoxy) is 2. The number of rotatable bonds is 4. The number of hydrogen-bond acceptors (Lipinski definition) is 5. The lowest BCUT2D eigenvalue weighted by Crippen LogP contribution is -2.44. The first-order valence-electron chi connectivity index (χ1n) is 7.58. The Morgan fingerprint density at radius 1 is 1.50 bits per heavy atom. The Morgan fingerprint density at radius 3 is 2.95 bits per heavy atom. The molecule has 5 heteroatoms. The van der Waals surface area contributed by atoms with Gasteiger partial charge in [0, 0.05) is 38.0 Å². The molecule has 1 aromatic rings. The summed E-state index contributed by atoms with van der Waals surface area (Å²) in [6.07, 6.45) is 3.64.